The Kier molecular flexibility index (Phi) is 4.13. The first-order valence-corrected chi connectivity index (χ1v) is 7.30. The van der Waals surface area contributed by atoms with Crippen LogP contribution in [0.5, 0.6) is 0 Å². The number of hydrogen-bond acceptors (Lipinski definition) is 5. The Morgan fingerprint density at radius 1 is 1.33 bits per heavy atom. The normalized spacial score (nSPS) is 11.2. The molecule has 0 unspecified atom stereocenters. The third kappa shape index (κ3) is 3.30. The van der Waals surface area contributed by atoms with Gasteiger partial charge in [-0.1, -0.05) is 20.8 Å². The van der Waals surface area contributed by atoms with Crippen LogP contribution in [0.2, 0.25) is 0 Å². The van der Waals surface area contributed by atoms with Crippen molar-refractivity contribution in [3.05, 3.63) is 39.9 Å². The molecule has 0 spiro atoms. The van der Waals surface area contributed by atoms with E-state index in [4.69, 9.17) is 0 Å². The Bertz CT molecular complexity index is 712. The van der Waals surface area contributed by atoms with E-state index in [1.165, 1.54) is 7.05 Å². The van der Waals surface area contributed by atoms with Crippen LogP contribution in [0.4, 0.5) is 10.7 Å². The molecule has 0 aliphatic heterocycles. The lowest BCUT2D eigenvalue weighted by atomic mass is 9.88. The first kappa shape index (κ1) is 15.2. The third-order valence-corrected chi connectivity index (χ3v) is 3.81. The summed E-state index contributed by atoms with van der Waals surface area (Å²) in [6.45, 7) is 6.29. The van der Waals surface area contributed by atoms with Gasteiger partial charge >= 0.3 is 0 Å². The van der Waals surface area contributed by atoms with Gasteiger partial charge in [-0.25, -0.2) is 0 Å². The highest BCUT2D eigenvalue weighted by Gasteiger charge is 2.19. The van der Waals surface area contributed by atoms with Crippen LogP contribution in [0.3, 0.4) is 0 Å². The maximum Gasteiger partial charge on any atom is 0.273 e. The van der Waals surface area contributed by atoms with Gasteiger partial charge in [-0.05, 0) is 28.6 Å². The predicted molar refractivity (Wildman–Crippen MR) is 84.5 cm³/mol. The molecule has 0 radical (unpaired) electrons. The summed E-state index contributed by atoms with van der Waals surface area (Å²) >= 11 is 1.09. The molecule has 1 amide bonds. The number of nitrogens with one attached hydrogen (secondary N) is 3. The molecule has 0 aliphatic rings. The minimum atomic E-state index is -0.417. The summed E-state index contributed by atoms with van der Waals surface area (Å²) in [6.07, 6.45) is 3.47. The van der Waals surface area contributed by atoms with Crippen LogP contribution < -0.4 is 16.2 Å². The van der Waals surface area contributed by atoms with Crippen LogP contribution in [0.15, 0.2) is 23.3 Å². The number of aromatic amines is 1. The van der Waals surface area contributed by atoms with Crippen LogP contribution in [-0.4, -0.2) is 22.3 Å². The van der Waals surface area contributed by atoms with Gasteiger partial charge in [-0.15, -0.1) is 0 Å². The van der Waals surface area contributed by atoms with E-state index >= 15 is 0 Å². The Hall–Kier alpha value is -2.15. The molecule has 7 heteroatoms. The SMILES string of the molecule is CNC(=O)c1c(Nc2cncc(C(C)(C)C)c2)s[nH]c1=O. The molecule has 0 saturated heterocycles. The minimum absolute atomic E-state index is 0.0282. The van der Waals surface area contributed by atoms with Gasteiger partial charge in [0.15, 0.2) is 0 Å². The van der Waals surface area contributed by atoms with Crippen LogP contribution in [0, 0.1) is 0 Å². The van der Waals surface area contributed by atoms with E-state index in [1.807, 2.05) is 12.3 Å². The first-order chi connectivity index (χ1) is 9.82. The van der Waals surface area contributed by atoms with E-state index in [0.717, 1.165) is 22.8 Å². The predicted octanol–water partition coefficient (Wildman–Crippen LogP) is 2.23. The molecule has 2 rings (SSSR count). The lowest BCUT2D eigenvalue weighted by molar-refractivity contribution is 0.0963. The van der Waals surface area contributed by atoms with E-state index in [-0.39, 0.29) is 11.0 Å². The molecule has 2 aromatic heterocycles. The van der Waals surface area contributed by atoms with Crippen molar-refractivity contribution in [3.8, 4) is 0 Å². The maximum atomic E-state index is 11.8. The molecule has 0 atom stereocenters. The van der Waals surface area contributed by atoms with Crippen molar-refractivity contribution < 1.29 is 4.79 Å². The molecule has 0 fully saturated rings. The van der Waals surface area contributed by atoms with E-state index in [2.05, 4.69) is 40.8 Å². The molecular formula is C14H18N4O2S. The zero-order chi connectivity index (χ0) is 15.6. The zero-order valence-electron chi connectivity index (χ0n) is 12.4. The highest BCUT2D eigenvalue weighted by Crippen LogP contribution is 2.27. The number of carbonyl (C=O) groups excluding carboxylic acids is 1. The zero-order valence-corrected chi connectivity index (χ0v) is 13.2. The summed E-state index contributed by atoms with van der Waals surface area (Å²) in [5.41, 5.74) is 1.46. The second kappa shape index (κ2) is 5.69. The summed E-state index contributed by atoms with van der Waals surface area (Å²) in [6, 6.07) is 1.96. The van der Waals surface area contributed by atoms with Gasteiger partial charge < -0.3 is 10.6 Å². The Morgan fingerprint density at radius 3 is 2.67 bits per heavy atom. The molecule has 3 N–H and O–H groups in total. The van der Waals surface area contributed by atoms with Crippen molar-refractivity contribution in [1.82, 2.24) is 14.7 Å². The molecule has 2 aromatic rings. The minimum Gasteiger partial charge on any atom is -0.355 e. The molecule has 6 nitrogen and oxygen atoms in total. The number of amides is 1. The van der Waals surface area contributed by atoms with Gasteiger partial charge in [0.05, 0.1) is 11.9 Å². The molecule has 2 heterocycles. The number of nitrogens with zero attached hydrogens (tertiary/aromatic N) is 1. The van der Waals surface area contributed by atoms with E-state index in [9.17, 15) is 9.59 Å². The van der Waals surface area contributed by atoms with E-state index in [0.29, 0.717) is 5.00 Å². The molecular weight excluding hydrogens is 288 g/mol. The number of H-pyrrole nitrogens is 1. The maximum absolute atomic E-state index is 11.8. The molecule has 21 heavy (non-hydrogen) atoms. The fourth-order valence-corrected chi connectivity index (χ4v) is 2.52. The van der Waals surface area contributed by atoms with Gasteiger partial charge in [-0.3, -0.25) is 18.9 Å². The summed E-state index contributed by atoms with van der Waals surface area (Å²) in [4.78, 5) is 27.6. The highest BCUT2D eigenvalue weighted by molar-refractivity contribution is 7.10. The third-order valence-electron chi connectivity index (χ3n) is 3.02. The quantitative estimate of drug-likeness (QED) is 0.811. The highest BCUT2D eigenvalue weighted by atomic mass is 32.1. The van der Waals surface area contributed by atoms with Gasteiger partial charge in [0, 0.05) is 13.2 Å². The number of carbonyl (C=O) groups is 1. The molecule has 112 valence electrons. The average molecular weight is 306 g/mol. The Labute approximate surface area is 126 Å². The summed E-state index contributed by atoms with van der Waals surface area (Å²) in [7, 11) is 1.49. The molecule has 0 aromatic carbocycles. The summed E-state index contributed by atoms with van der Waals surface area (Å²) in [5.74, 6) is -0.417. The van der Waals surface area contributed by atoms with Crippen molar-refractivity contribution in [2.75, 3.05) is 12.4 Å². The fourth-order valence-electron chi connectivity index (χ4n) is 1.77. The van der Waals surface area contributed by atoms with Crippen molar-refractivity contribution in [2.24, 2.45) is 0 Å². The van der Waals surface area contributed by atoms with Crippen molar-refractivity contribution in [3.63, 3.8) is 0 Å². The number of rotatable bonds is 3. The van der Waals surface area contributed by atoms with Gasteiger partial charge in [0.2, 0.25) is 0 Å². The lowest BCUT2D eigenvalue weighted by Gasteiger charge is -2.19. The lowest BCUT2D eigenvalue weighted by Crippen LogP contribution is -2.24. The molecule has 0 bridgehead atoms. The van der Waals surface area contributed by atoms with Gasteiger partial charge in [0.25, 0.3) is 11.5 Å². The number of hydrogen-bond donors (Lipinski definition) is 3. The second-order valence-electron chi connectivity index (χ2n) is 5.65. The second-order valence-corrected chi connectivity index (χ2v) is 6.47. The van der Waals surface area contributed by atoms with Crippen molar-refractivity contribution in [1.29, 1.82) is 0 Å². The van der Waals surface area contributed by atoms with Gasteiger partial charge in [0.1, 0.15) is 10.6 Å². The average Bonchev–Trinajstić information content (AvgIpc) is 2.78. The molecule has 0 saturated carbocycles. The van der Waals surface area contributed by atoms with Crippen molar-refractivity contribution in [2.45, 2.75) is 26.2 Å². The first-order valence-electron chi connectivity index (χ1n) is 6.49. The number of aromatic nitrogens is 2. The van der Waals surface area contributed by atoms with E-state index in [1.54, 1.807) is 6.20 Å². The number of pyridine rings is 1. The van der Waals surface area contributed by atoms with Gasteiger partial charge in [-0.2, -0.15) is 0 Å². The summed E-state index contributed by atoms with van der Waals surface area (Å²) in [5, 5.41) is 6.03. The monoisotopic (exact) mass is 306 g/mol. The number of anilines is 2. The molecule has 0 aliphatic carbocycles. The topological polar surface area (TPSA) is 86.9 Å². The van der Waals surface area contributed by atoms with Crippen LogP contribution in [0.1, 0.15) is 36.7 Å². The largest absolute Gasteiger partial charge is 0.355 e. The van der Waals surface area contributed by atoms with Crippen LogP contribution in [0.25, 0.3) is 0 Å². The van der Waals surface area contributed by atoms with Crippen LogP contribution >= 0.6 is 11.5 Å². The Balaban J connectivity index is 2.36. The fraction of sp³-hybridized carbons (Fsp3) is 0.357. The standard InChI is InChI=1S/C14H18N4O2S/c1-14(2,3)8-5-9(7-16-6-8)17-13-10(11(19)15-4)12(20)18-21-13/h5-7,17H,1-4H3,(H,15,19)(H,18,20). The Morgan fingerprint density at radius 2 is 2.05 bits per heavy atom. The smallest absolute Gasteiger partial charge is 0.273 e. The van der Waals surface area contributed by atoms with Crippen molar-refractivity contribution >= 4 is 28.1 Å². The van der Waals surface area contributed by atoms with E-state index < -0.39 is 11.5 Å². The van der Waals surface area contributed by atoms with Crippen LogP contribution in [-0.2, 0) is 5.41 Å². The summed E-state index contributed by atoms with van der Waals surface area (Å²) < 4.78 is 2.56.